The van der Waals surface area contributed by atoms with Crippen LogP contribution < -0.4 is 10.0 Å². The van der Waals surface area contributed by atoms with Gasteiger partial charge in [0, 0.05) is 6.07 Å². The number of nitrogens with one attached hydrogen (secondary N) is 3. The van der Waals surface area contributed by atoms with Crippen LogP contribution >= 0.6 is 11.6 Å². The zero-order chi connectivity index (χ0) is 14.8. The van der Waals surface area contributed by atoms with Crippen LogP contribution in [0.5, 0.6) is 0 Å². The minimum absolute atomic E-state index is 0.0424. The first-order valence-corrected chi connectivity index (χ1v) is 7.34. The first kappa shape index (κ1) is 14.5. The summed E-state index contributed by atoms with van der Waals surface area (Å²) in [6.07, 6.45) is 1.47. The lowest BCUT2D eigenvalue weighted by atomic mass is 10.2. The highest BCUT2D eigenvalue weighted by Crippen LogP contribution is 2.21. The lowest BCUT2D eigenvalue weighted by Crippen LogP contribution is -2.20. The van der Waals surface area contributed by atoms with Gasteiger partial charge in [0.1, 0.15) is 5.82 Å². The number of amides is 1. The van der Waals surface area contributed by atoms with Gasteiger partial charge in [0.2, 0.25) is 10.0 Å². The lowest BCUT2D eigenvalue weighted by Gasteiger charge is -2.08. The van der Waals surface area contributed by atoms with Crippen molar-refractivity contribution in [1.82, 2.24) is 14.9 Å². The molecule has 0 atom stereocenters. The van der Waals surface area contributed by atoms with E-state index in [2.05, 4.69) is 20.2 Å². The molecular formula is C11H11ClN4O3S. The van der Waals surface area contributed by atoms with Crippen molar-refractivity contribution in [2.45, 2.75) is 4.90 Å². The maximum Gasteiger partial charge on any atom is 0.258 e. The van der Waals surface area contributed by atoms with Gasteiger partial charge in [-0.25, -0.2) is 13.1 Å². The van der Waals surface area contributed by atoms with Gasteiger partial charge in [-0.05, 0) is 25.2 Å². The molecular weight excluding hydrogens is 304 g/mol. The second-order valence-electron chi connectivity index (χ2n) is 3.77. The highest BCUT2D eigenvalue weighted by Gasteiger charge is 2.17. The van der Waals surface area contributed by atoms with Gasteiger partial charge in [0.25, 0.3) is 5.91 Å². The molecule has 7 nitrogen and oxygen atoms in total. The minimum Gasteiger partial charge on any atom is -0.307 e. The molecule has 0 saturated heterocycles. The van der Waals surface area contributed by atoms with E-state index in [4.69, 9.17) is 11.6 Å². The van der Waals surface area contributed by atoms with Gasteiger partial charge in [0.05, 0.1) is 21.7 Å². The molecule has 0 aliphatic carbocycles. The van der Waals surface area contributed by atoms with Crippen molar-refractivity contribution in [2.75, 3.05) is 12.4 Å². The fourth-order valence-electron chi connectivity index (χ4n) is 1.48. The number of nitrogens with zero attached hydrogens (tertiary/aromatic N) is 1. The van der Waals surface area contributed by atoms with E-state index in [1.807, 2.05) is 0 Å². The Hall–Kier alpha value is -1.90. The molecule has 0 aliphatic rings. The first-order chi connectivity index (χ1) is 9.44. The molecule has 9 heteroatoms. The molecule has 3 N–H and O–H groups in total. The van der Waals surface area contributed by atoms with Gasteiger partial charge in [-0.3, -0.25) is 9.89 Å². The van der Waals surface area contributed by atoms with Gasteiger partial charge in [-0.1, -0.05) is 11.6 Å². The van der Waals surface area contributed by atoms with Gasteiger partial charge >= 0.3 is 0 Å². The third-order valence-corrected chi connectivity index (χ3v) is 4.25. The molecule has 2 aromatic rings. The smallest absolute Gasteiger partial charge is 0.258 e. The largest absolute Gasteiger partial charge is 0.307 e. The highest BCUT2D eigenvalue weighted by atomic mass is 35.5. The van der Waals surface area contributed by atoms with Crippen LogP contribution in [-0.4, -0.2) is 31.6 Å². The van der Waals surface area contributed by atoms with Crippen LogP contribution in [0.15, 0.2) is 35.4 Å². The van der Waals surface area contributed by atoms with E-state index in [-0.39, 0.29) is 15.5 Å². The Morgan fingerprint density at radius 2 is 2.10 bits per heavy atom. The van der Waals surface area contributed by atoms with Crippen molar-refractivity contribution in [3.63, 3.8) is 0 Å². The number of carbonyl (C=O) groups is 1. The number of hydrogen-bond donors (Lipinski definition) is 3. The normalized spacial score (nSPS) is 11.3. The Morgan fingerprint density at radius 3 is 2.70 bits per heavy atom. The van der Waals surface area contributed by atoms with E-state index < -0.39 is 15.9 Å². The van der Waals surface area contributed by atoms with Gasteiger partial charge in [0.15, 0.2) is 0 Å². The summed E-state index contributed by atoms with van der Waals surface area (Å²) in [6, 6.07) is 5.44. The first-order valence-electron chi connectivity index (χ1n) is 5.48. The Bertz CT molecular complexity index is 728. The van der Waals surface area contributed by atoms with Crippen molar-refractivity contribution in [3.8, 4) is 0 Å². The van der Waals surface area contributed by atoms with Gasteiger partial charge in [-0.2, -0.15) is 5.10 Å². The summed E-state index contributed by atoms with van der Waals surface area (Å²) < 4.78 is 25.6. The van der Waals surface area contributed by atoms with Crippen LogP contribution in [0.4, 0.5) is 5.82 Å². The fourth-order valence-corrected chi connectivity index (χ4v) is 2.44. The molecule has 20 heavy (non-hydrogen) atoms. The quantitative estimate of drug-likeness (QED) is 0.789. The fraction of sp³-hybridized carbons (Fsp3) is 0.0909. The Kier molecular flexibility index (Phi) is 4.07. The number of sulfonamides is 1. The third-order valence-electron chi connectivity index (χ3n) is 2.51. The van der Waals surface area contributed by atoms with Crippen LogP contribution in [0.3, 0.4) is 0 Å². The van der Waals surface area contributed by atoms with E-state index in [9.17, 15) is 13.2 Å². The molecule has 0 aliphatic heterocycles. The molecule has 0 bridgehead atoms. The summed E-state index contributed by atoms with van der Waals surface area (Å²) in [7, 11) is -2.36. The van der Waals surface area contributed by atoms with Crippen LogP contribution in [0, 0.1) is 0 Å². The van der Waals surface area contributed by atoms with E-state index in [0.717, 1.165) is 0 Å². The van der Waals surface area contributed by atoms with Crippen molar-refractivity contribution in [1.29, 1.82) is 0 Å². The second-order valence-corrected chi connectivity index (χ2v) is 6.07. The monoisotopic (exact) mass is 314 g/mol. The molecule has 2 rings (SSSR count). The summed E-state index contributed by atoms with van der Waals surface area (Å²) in [6.45, 7) is 0. The summed E-state index contributed by atoms with van der Waals surface area (Å²) in [5, 5.41) is 8.91. The Morgan fingerprint density at radius 1 is 1.35 bits per heavy atom. The zero-order valence-corrected chi connectivity index (χ0v) is 11.9. The number of halogens is 1. The summed E-state index contributed by atoms with van der Waals surface area (Å²) >= 11 is 5.92. The minimum atomic E-state index is -3.64. The summed E-state index contributed by atoms with van der Waals surface area (Å²) in [4.78, 5) is 12.0. The maximum absolute atomic E-state index is 12.0. The van der Waals surface area contributed by atoms with E-state index in [1.165, 1.54) is 31.4 Å². The van der Waals surface area contributed by atoms with E-state index >= 15 is 0 Å². The van der Waals surface area contributed by atoms with Gasteiger partial charge in [-0.15, -0.1) is 0 Å². The number of hydrogen-bond acceptors (Lipinski definition) is 4. The molecule has 1 aromatic heterocycles. The second kappa shape index (κ2) is 5.61. The number of aromatic amines is 1. The van der Waals surface area contributed by atoms with Crippen LogP contribution in [0.1, 0.15) is 10.4 Å². The highest BCUT2D eigenvalue weighted by molar-refractivity contribution is 7.89. The van der Waals surface area contributed by atoms with Crippen molar-refractivity contribution in [3.05, 3.63) is 41.0 Å². The predicted molar refractivity (Wildman–Crippen MR) is 74.2 cm³/mol. The number of anilines is 1. The summed E-state index contributed by atoms with van der Waals surface area (Å²) in [5.41, 5.74) is 0.0533. The molecule has 0 spiro atoms. The molecule has 0 radical (unpaired) electrons. The van der Waals surface area contributed by atoms with Crippen LogP contribution in [0.2, 0.25) is 5.02 Å². The molecule has 1 amide bonds. The van der Waals surface area contributed by atoms with Crippen molar-refractivity contribution >= 4 is 33.3 Å². The average molecular weight is 315 g/mol. The molecule has 0 unspecified atom stereocenters. The lowest BCUT2D eigenvalue weighted by molar-refractivity contribution is 0.102. The Balaban J connectivity index is 2.36. The van der Waals surface area contributed by atoms with Gasteiger partial charge < -0.3 is 5.32 Å². The third kappa shape index (κ3) is 2.98. The van der Waals surface area contributed by atoms with Crippen LogP contribution in [-0.2, 0) is 10.0 Å². The number of H-pyrrole nitrogens is 1. The molecule has 1 heterocycles. The molecule has 106 valence electrons. The SMILES string of the molecule is CNS(=O)(=O)c1ccc(Cl)c(C(=O)Nc2ccn[nH]2)c1. The number of rotatable bonds is 4. The standard InChI is InChI=1S/C11H11ClN4O3S/c1-13-20(18,19)7-2-3-9(12)8(6-7)11(17)15-10-4-5-14-16-10/h2-6,13H,1H3,(H2,14,15,16,17). The number of benzene rings is 1. The summed E-state index contributed by atoms with van der Waals surface area (Å²) in [5.74, 6) is -0.152. The molecule has 1 aromatic carbocycles. The zero-order valence-electron chi connectivity index (χ0n) is 10.3. The predicted octanol–water partition coefficient (Wildman–Crippen LogP) is 1.22. The van der Waals surface area contributed by atoms with Crippen molar-refractivity contribution in [2.24, 2.45) is 0 Å². The van der Waals surface area contributed by atoms with Crippen molar-refractivity contribution < 1.29 is 13.2 Å². The molecule has 0 fully saturated rings. The maximum atomic E-state index is 12.0. The van der Waals surface area contributed by atoms with Crippen LogP contribution in [0.25, 0.3) is 0 Å². The topological polar surface area (TPSA) is 104 Å². The van der Waals surface area contributed by atoms with E-state index in [0.29, 0.717) is 5.82 Å². The average Bonchev–Trinajstić information content (AvgIpc) is 2.91. The number of carbonyl (C=O) groups excluding carboxylic acids is 1. The van der Waals surface area contributed by atoms with E-state index in [1.54, 1.807) is 6.07 Å². The number of aromatic nitrogens is 2. The Labute approximate surface area is 120 Å². The molecule has 0 saturated carbocycles.